The zero-order valence-corrected chi connectivity index (χ0v) is 18.0. The molecule has 0 radical (unpaired) electrons. The molecule has 0 aromatic rings. The molecule has 1 aliphatic heterocycles. The summed E-state index contributed by atoms with van der Waals surface area (Å²) < 4.78 is 26.8. The lowest BCUT2D eigenvalue weighted by molar-refractivity contribution is -0.237. The summed E-state index contributed by atoms with van der Waals surface area (Å²) >= 11 is 1.35. The lowest BCUT2D eigenvalue weighted by Crippen LogP contribution is -2.62. The summed E-state index contributed by atoms with van der Waals surface area (Å²) in [5.74, 6) is -2.45. The summed E-state index contributed by atoms with van der Waals surface area (Å²) in [7, 11) is 0. The molecule has 0 N–H and O–H groups in total. The van der Waals surface area contributed by atoms with E-state index < -0.39 is 53.7 Å². The van der Waals surface area contributed by atoms with Crippen molar-refractivity contribution in [2.75, 3.05) is 6.61 Å². The van der Waals surface area contributed by atoms with Gasteiger partial charge in [-0.15, -0.1) is 11.8 Å². The molecule has 1 heterocycles. The van der Waals surface area contributed by atoms with Gasteiger partial charge in [0.15, 0.2) is 18.3 Å². The van der Waals surface area contributed by atoms with Crippen LogP contribution in [0.1, 0.15) is 48.5 Å². The Morgan fingerprint density at radius 2 is 1.25 bits per heavy atom. The van der Waals surface area contributed by atoms with E-state index in [9.17, 15) is 19.2 Å². The summed E-state index contributed by atoms with van der Waals surface area (Å²) in [4.78, 5) is 46.3. The number of hydrogen-bond acceptors (Lipinski definition) is 10. The maximum Gasteiger partial charge on any atom is 0.303 e. The number of ether oxygens (including phenoxy) is 5. The standard InChI is InChI=1S/C18H28O9S/c1-9(19)23-8-13-14(24-10(2)20)15(25-11(3)21)16(26-12(4)22)17(27-13)28-18(5,6)7/h13-17H,8H2,1-7H3/t13-,14+,15-,16-,17-/m0/s1. The van der Waals surface area contributed by atoms with Crippen molar-refractivity contribution in [3.05, 3.63) is 0 Å². The normalized spacial score (nSPS) is 27.5. The molecule has 0 aromatic carbocycles. The predicted molar refractivity (Wildman–Crippen MR) is 99.3 cm³/mol. The van der Waals surface area contributed by atoms with Crippen molar-refractivity contribution in [2.24, 2.45) is 0 Å². The highest BCUT2D eigenvalue weighted by molar-refractivity contribution is 8.01. The van der Waals surface area contributed by atoms with Gasteiger partial charge >= 0.3 is 23.9 Å². The summed E-state index contributed by atoms with van der Waals surface area (Å²) in [6, 6.07) is 0. The molecule has 0 saturated carbocycles. The molecule has 9 nitrogen and oxygen atoms in total. The topological polar surface area (TPSA) is 114 Å². The van der Waals surface area contributed by atoms with Crippen LogP contribution in [0.3, 0.4) is 0 Å². The van der Waals surface area contributed by atoms with E-state index in [1.54, 1.807) is 0 Å². The molecule has 10 heteroatoms. The molecule has 160 valence electrons. The Kier molecular flexibility index (Phi) is 8.75. The molecule has 1 fully saturated rings. The van der Waals surface area contributed by atoms with Gasteiger partial charge in [-0.1, -0.05) is 20.8 Å². The smallest absolute Gasteiger partial charge is 0.303 e. The Balaban J connectivity index is 3.33. The summed E-state index contributed by atoms with van der Waals surface area (Å²) in [5, 5.41) is 0. The largest absolute Gasteiger partial charge is 0.463 e. The Morgan fingerprint density at radius 3 is 1.68 bits per heavy atom. The van der Waals surface area contributed by atoms with Crippen molar-refractivity contribution in [1.82, 2.24) is 0 Å². The van der Waals surface area contributed by atoms with Gasteiger partial charge in [0.05, 0.1) is 0 Å². The fourth-order valence-electron chi connectivity index (χ4n) is 2.63. The van der Waals surface area contributed by atoms with Crippen molar-refractivity contribution in [1.29, 1.82) is 0 Å². The molecule has 5 atom stereocenters. The van der Waals surface area contributed by atoms with Crippen LogP contribution in [-0.2, 0) is 42.9 Å². The van der Waals surface area contributed by atoms with Gasteiger partial charge in [-0.3, -0.25) is 19.2 Å². The molecule has 0 aliphatic carbocycles. The summed E-state index contributed by atoms with van der Waals surface area (Å²) in [6.45, 7) is 10.4. The van der Waals surface area contributed by atoms with Crippen LogP contribution in [0.4, 0.5) is 0 Å². The van der Waals surface area contributed by atoms with Crippen LogP contribution >= 0.6 is 11.8 Å². The first-order valence-corrected chi connectivity index (χ1v) is 9.66. The minimum Gasteiger partial charge on any atom is -0.463 e. The van der Waals surface area contributed by atoms with Crippen molar-refractivity contribution in [2.45, 2.75) is 83.1 Å². The average Bonchev–Trinajstić information content (AvgIpc) is 2.48. The zero-order chi connectivity index (χ0) is 21.6. The maximum absolute atomic E-state index is 11.7. The first-order valence-electron chi connectivity index (χ1n) is 8.78. The van der Waals surface area contributed by atoms with Gasteiger partial charge < -0.3 is 23.7 Å². The summed E-state index contributed by atoms with van der Waals surface area (Å²) in [5.41, 5.74) is -0.749. The van der Waals surface area contributed by atoms with Gasteiger partial charge in [0.25, 0.3) is 0 Å². The quantitative estimate of drug-likeness (QED) is 0.463. The van der Waals surface area contributed by atoms with Crippen molar-refractivity contribution >= 4 is 35.6 Å². The SMILES string of the molecule is CC(=O)OC[C@@H]1O[C@@H](SC(C)(C)C)[C@@H](OC(C)=O)[C@@H](OC(C)=O)[C@@H]1OC(C)=O. The number of thioether (sulfide) groups is 1. The van der Waals surface area contributed by atoms with Crippen molar-refractivity contribution in [3.63, 3.8) is 0 Å². The van der Waals surface area contributed by atoms with E-state index in [1.165, 1.54) is 39.5 Å². The van der Waals surface area contributed by atoms with Gasteiger partial charge in [-0.2, -0.15) is 0 Å². The van der Waals surface area contributed by atoms with Crippen LogP contribution in [0.5, 0.6) is 0 Å². The number of carbonyl (C=O) groups is 4. The third kappa shape index (κ3) is 8.05. The zero-order valence-electron chi connectivity index (χ0n) is 17.2. The van der Waals surface area contributed by atoms with E-state index >= 15 is 0 Å². The minimum atomic E-state index is -1.13. The molecule has 0 amide bonds. The molecule has 28 heavy (non-hydrogen) atoms. The second-order valence-corrected chi connectivity index (χ2v) is 9.22. The first kappa shape index (κ1) is 24.2. The average molecular weight is 420 g/mol. The molecule has 0 unspecified atom stereocenters. The molecular formula is C18H28O9S. The molecule has 1 saturated heterocycles. The minimum absolute atomic E-state index is 0.223. The predicted octanol–water partition coefficient (Wildman–Crippen LogP) is 1.60. The van der Waals surface area contributed by atoms with Crippen LogP contribution in [0.15, 0.2) is 0 Å². The first-order chi connectivity index (χ1) is 12.8. The van der Waals surface area contributed by atoms with Gasteiger partial charge in [0.1, 0.15) is 18.1 Å². The Bertz CT molecular complexity index is 598. The Labute approximate surface area is 168 Å². The molecule has 0 aromatic heterocycles. The number of rotatable bonds is 6. The van der Waals surface area contributed by atoms with Crippen LogP contribution in [0, 0.1) is 0 Å². The van der Waals surface area contributed by atoms with Gasteiger partial charge in [-0.05, 0) is 0 Å². The van der Waals surface area contributed by atoms with Gasteiger partial charge in [0, 0.05) is 32.4 Å². The second-order valence-electron chi connectivity index (χ2n) is 7.30. The molecule has 0 spiro atoms. The molecule has 1 rings (SSSR count). The van der Waals surface area contributed by atoms with E-state index in [2.05, 4.69) is 0 Å². The van der Waals surface area contributed by atoms with E-state index in [0.717, 1.165) is 0 Å². The fourth-order valence-corrected chi connectivity index (χ4v) is 3.87. The van der Waals surface area contributed by atoms with E-state index in [4.69, 9.17) is 23.7 Å². The van der Waals surface area contributed by atoms with Crippen LogP contribution < -0.4 is 0 Å². The van der Waals surface area contributed by atoms with Crippen LogP contribution in [-0.4, -0.2) is 65.1 Å². The maximum atomic E-state index is 11.7. The lowest BCUT2D eigenvalue weighted by atomic mass is 9.99. The molecule has 0 bridgehead atoms. The Hall–Kier alpha value is -1.81. The van der Waals surface area contributed by atoms with E-state index in [1.807, 2.05) is 20.8 Å². The van der Waals surface area contributed by atoms with E-state index in [-0.39, 0.29) is 11.4 Å². The molecular weight excluding hydrogens is 392 g/mol. The highest BCUT2D eigenvalue weighted by atomic mass is 32.2. The van der Waals surface area contributed by atoms with Gasteiger partial charge in [0.2, 0.25) is 0 Å². The third-order valence-corrected chi connectivity index (χ3v) is 4.74. The van der Waals surface area contributed by atoms with Gasteiger partial charge in [-0.25, -0.2) is 0 Å². The van der Waals surface area contributed by atoms with Crippen LogP contribution in [0.2, 0.25) is 0 Å². The Morgan fingerprint density at radius 1 is 0.786 bits per heavy atom. The number of hydrogen-bond donors (Lipinski definition) is 0. The lowest BCUT2D eigenvalue weighted by Gasteiger charge is -2.45. The molecule has 1 aliphatic rings. The second kappa shape index (κ2) is 10.1. The highest BCUT2D eigenvalue weighted by Crippen LogP contribution is 2.39. The van der Waals surface area contributed by atoms with E-state index in [0.29, 0.717) is 0 Å². The van der Waals surface area contributed by atoms with Crippen LogP contribution in [0.25, 0.3) is 0 Å². The monoisotopic (exact) mass is 420 g/mol. The number of esters is 4. The fraction of sp³-hybridized carbons (Fsp3) is 0.778. The summed E-state index contributed by atoms with van der Waals surface area (Å²) in [6.07, 6.45) is -4.19. The van der Waals surface area contributed by atoms with Crippen molar-refractivity contribution < 1.29 is 42.9 Å². The van der Waals surface area contributed by atoms with Crippen molar-refractivity contribution in [3.8, 4) is 0 Å². The third-order valence-electron chi connectivity index (χ3n) is 3.42. The number of carbonyl (C=O) groups excluding carboxylic acids is 4. The highest BCUT2D eigenvalue weighted by Gasteiger charge is 2.53.